The van der Waals surface area contributed by atoms with Gasteiger partial charge in [0.1, 0.15) is 9.79 Å². The highest BCUT2D eigenvalue weighted by atomic mass is 32.2. The SMILES string of the molecule is CCCCCCCCCCc1cc(S(=O)(=O)O)c(O)c(S(=O)(=O)O)c1. The molecule has 1 aromatic carbocycles. The van der Waals surface area contributed by atoms with Gasteiger partial charge in [-0.3, -0.25) is 9.11 Å². The fourth-order valence-corrected chi connectivity index (χ4v) is 4.01. The molecule has 0 bridgehead atoms. The Balaban J connectivity index is 2.77. The average Bonchev–Trinajstić information content (AvgIpc) is 2.48. The van der Waals surface area contributed by atoms with Gasteiger partial charge in [-0.15, -0.1) is 0 Å². The summed E-state index contributed by atoms with van der Waals surface area (Å²) in [6.07, 6.45) is 8.92. The van der Waals surface area contributed by atoms with Crippen LogP contribution in [0.25, 0.3) is 0 Å². The predicted octanol–water partition coefficient (Wildman–Crippen LogP) is 3.57. The van der Waals surface area contributed by atoms with Crippen molar-refractivity contribution in [2.45, 2.75) is 74.5 Å². The molecule has 3 N–H and O–H groups in total. The van der Waals surface area contributed by atoms with Crippen molar-refractivity contribution in [3.05, 3.63) is 17.7 Å². The van der Waals surface area contributed by atoms with Crippen LogP contribution in [-0.4, -0.2) is 31.0 Å². The Morgan fingerprint density at radius 2 is 1.16 bits per heavy atom. The minimum absolute atomic E-state index is 0.309. The van der Waals surface area contributed by atoms with Crippen LogP contribution >= 0.6 is 0 Å². The van der Waals surface area contributed by atoms with Crippen molar-refractivity contribution >= 4 is 20.2 Å². The van der Waals surface area contributed by atoms with Gasteiger partial charge >= 0.3 is 0 Å². The Labute approximate surface area is 149 Å². The number of hydrogen-bond acceptors (Lipinski definition) is 5. The predicted molar refractivity (Wildman–Crippen MR) is 94.1 cm³/mol. The van der Waals surface area contributed by atoms with Crippen molar-refractivity contribution in [2.75, 3.05) is 0 Å². The van der Waals surface area contributed by atoms with Gasteiger partial charge in [-0.25, -0.2) is 0 Å². The maximum absolute atomic E-state index is 11.3. The van der Waals surface area contributed by atoms with Gasteiger partial charge in [0.15, 0.2) is 5.75 Å². The molecular formula is C16H26O7S2. The van der Waals surface area contributed by atoms with E-state index in [0.29, 0.717) is 18.4 Å². The fraction of sp³-hybridized carbons (Fsp3) is 0.625. The summed E-state index contributed by atoms with van der Waals surface area (Å²) in [6, 6.07) is 2.06. The molecule has 0 saturated carbocycles. The van der Waals surface area contributed by atoms with Crippen molar-refractivity contribution in [1.29, 1.82) is 0 Å². The van der Waals surface area contributed by atoms with Gasteiger partial charge in [-0.05, 0) is 30.5 Å². The summed E-state index contributed by atoms with van der Waals surface area (Å²) in [4.78, 5) is -1.84. The summed E-state index contributed by atoms with van der Waals surface area (Å²) in [7, 11) is -9.62. The highest BCUT2D eigenvalue weighted by Crippen LogP contribution is 2.32. The first-order chi connectivity index (χ1) is 11.6. The first-order valence-electron chi connectivity index (χ1n) is 8.38. The van der Waals surface area contributed by atoms with Crippen LogP contribution in [0.3, 0.4) is 0 Å². The summed E-state index contributed by atoms with van der Waals surface area (Å²) >= 11 is 0. The molecule has 0 saturated heterocycles. The van der Waals surface area contributed by atoms with Gasteiger partial charge in [-0.1, -0.05) is 51.9 Å². The summed E-state index contributed by atoms with van der Waals surface area (Å²) in [5.74, 6) is -1.18. The molecule has 25 heavy (non-hydrogen) atoms. The Bertz CT molecular complexity index is 715. The van der Waals surface area contributed by atoms with Gasteiger partial charge in [-0.2, -0.15) is 16.8 Å². The topological polar surface area (TPSA) is 129 Å². The molecule has 0 aliphatic carbocycles. The second-order valence-corrected chi connectivity index (χ2v) is 8.90. The van der Waals surface area contributed by atoms with E-state index in [1.54, 1.807) is 0 Å². The number of aromatic hydroxyl groups is 1. The van der Waals surface area contributed by atoms with Crippen LogP contribution < -0.4 is 0 Å². The van der Waals surface area contributed by atoms with Crippen molar-refractivity contribution in [3.63, 3.8) is 0 Å². The van der Waals surface area contributed by atoms with Gasteiger partial charge in [0.2, 0.25) is 0 Å². The quantitative estimate of drug-likeness (QED) is 0.386. The monoisotopic (exact) mass is 394 g/mol. The first kappa shape index (κ1) is 21.9. The third-order valence-electron chi connectivity index (χ3n) is 3.97. The molecule has 0 radical (unpaired) electrons. The maximum atomic E-state index is 11.3. The molecule has 1 rings (SSSR count). The number of hydrogen-bond donors (Lipinski definition) is 3. The number of benzene rings is 1. The van der Waals surface area contributed by atoms with Gasteiger partial charge < -0.3 is 5.11 Å². The van der Waals surface area contributed by atoms with Gasteiger partial charge in [0, 0.05) is 0 Å². The minimum atomic E-state index is -4.81. The molecule has 0 amide bonds. The van der Waals surface area contributed by atoms with Crippen LogP contribution in [0.5, 0.6) is 5.75 Å². The molecule has 0 aliphatic heterocycles. The molecule has 0 atom stereocenters. The molecule has 0 fully saturated rings. The van der Waals surface area contributed by atoms with Gasteiger partial charge in [0.05, 0.1) is 0 Å². The molecule has 0 heterocycles. The lowest BCUT2D eigenvalue weighted by atomic mass is 10.0. The Kier molecular flexibility index (Phi) is 8.33. The number of aryl methyl sites for hydroxylation is 1. The minimum Gasteiger partial charge on any atom is -0.505 e. The van der Waals surface area contributed by atoms with Crippen molar-refractivity contribution in [2.24, 2.45) is 0 Å². The molecule has 0 spiro atoms. The summed E-state index contributed by atoms with van der Waals surface area (Å²) in [5, 5.41) is 9.72. The third kappa shape index (κ3) is 7.31. The smallest absolute Gasteiger partial charge is 0.298 e. The van der Waals surface area contributed by atoms with E-state index in [-0.39, 0.29) is 0 Å². The normalized spacial score (nSPS) is 12.4. The average molecular weight is 395 g/mol. The molecule has 1 aromatic rings. The molecule has 0 aliphatic rings. The van der Waals surface area contributed by atoms with E-state index in [4.69, 9.17) is 9.11 Å². The highest BCUT2D eigenvalue weighted by molar-refractivity contribution is 7.86. The Morgan fingerprint density at radius 1 is 0.760 bits per heavy atom. The standard InChI is InChI=1S/C16H26O7S2/c1-2-3-4-5-6-7-8-9-10-13-11-14(24(18,19)20)16(17)15(12-13)25(21,22)23/h11-12,17H,2-10H2,1H3,(H,18,19,20)(H,21,22,23). The second-order valence-electron chi connectivity index (χ2n) is 6.12. The molecule has 0 unspecified atom stereocenters. The lowest BCUT2D eigenvalue weighted by Crippen LogP contribution is -2.06. The zero-order valence-electron chi connectivity index (χ0n) is 14.3. The lowest BCUT2D eigenvalue weighted by Gasteiger charge is -2.10. The van der Waals surface area contributed by atoms with Crippen molar-refractivity contribution < 1.29 is 31.0 Å². The highest BCUT2D eigenvalue weighted by Gasteiger charge is 2.25. The third-order valence-corrected chi connectivity index (χ3v) is 5.71. The van der Waals surface area contributed by atoms with Crippen molar-refractivity contribution in [3.8, 4) is 5.75 Å². The molecule has 9 heteroatoms. The zero-order valence-corrected chi connectivity index (χ0v) is 15.9. The van der Waals surface area contributed by atoms with E-state index in [2.05, 4.69) is 6.92 Å². The lowest BCUT2D eigenvalue weighted by molar-refractivity contribution is 0.422. The van der Waals surface area contributed by atoms with E-state index in [1.807, 2.05) is 0 Å². The first-order valence-corrected chi connectivity index (χ1v) is 11.3. The number of rotatable bonds is 11. The Morgan fingerprint density at radius 3 is 1.56 bits per heavy atom. The second kappa shape index (κ2) is 9.51. The summed E-state index contributed by atoms with van der Waals surface area (Å²) in [5.41, 5.74) is 0.309. The summed E-state index contributed by atoms with van der Waals surface area (Å²) < 4.78 is 63.5. The Hall–Kier alpha value is -1.16. The van der Waals surface area contributed by atoms with Gasteiger partial charge in [0.25, 0.3) is 20.2 Å². The van der Waals surface area contributed by atoms with Crippen LogP contribution in [0.2, 0.25) is 0 Å². The van der Waals surface area contributed by atoms with Crippen LogP contribution in [0, 0.1) is 0 Å². The molecule has 0 aromatic heterocycles. The van der Waals surface area contributed by atoms with E-state index in [9.17, 15) is 21.9 Å². The molecule has 144 valence electrons. The maximum Gasteiger partial charge on any atom is 0.298 e. The van der Waals surface area contributed by atoms with Crippen LogP contribution in [0.4, 0.5) is 0 Å². The van der Waals surface area contributed by atoms with E-state index in [1.165, 1.54) is 25.7 Å². The van der Waals surface area contributed by atoms with E-state index >= 15 is 0 Å². The van der Waals surface area contributed by atoms with Crippen LogP contribution in [0.15, 0.2) is 21.9 Å². The van der Waals surface area contributed by atoms with Crippen molar-refractivity contribution in [1.82, 2.24) is 0 Å². The largest absolute Gasteiger partial charge is 0.505 e. The number of phenolic OH excluding ortho intramolecular Hbond substituents is 1. The fourth-order valence-electron chi connectivity index (χ4n) is 2.64. The number of unbranched alkanes of at least 4 members (excludes halogenated alkanes) is 7. The molecular weight excluding hydrogens is 368 g/mol. The molecule has 7 nitrogen and oxygen atoms in total. The zero-order chi connectivity index (χ0) is 19.1. The van der Waals surface area contributed by atoms with Crippen LogP contribution in [-0.2, 0) is 26.7 Å². The number of phenols is 1. The van der Waals surface area contributed by atoms with E-state index < -0.39 is 35.8 Å². The van der Waals surface area contributed by atoms with E-state index in [0.717, 1.165) is 31.4 Å². The summed E-state index contributed by atoms with van der Waals surface area (Å²) in [6.45, 7) is 2.15. The van der Waals surface area contributed by atoms with Crippen LogP contribution in [0.1, 0.15) is 63.9 Å².